The number of halogens is 1. The molecule has 5 heteroatoms. The van der Waals surface area contributed by atoms with E-state index in [1.807, 2.05) is 36.0 Å². The maximum absolute atomic E-state index is 6.08. The molecule has 1 aliphatic heterocycles. The molecule has 3 rings (SSSR count). The number of nitrogens with zero attached hydrogens (tertiary/aromatic N) is 2. The number of anilines is 1. The molecule has 1 unspecified atom stereocenters. The molecule has 0 aliphatic carbocycles. The van der Waals surface area contributed by atoms with E-state index < -0.39 is 0 Å². The second-order valence-electron chi connectivity index (χ2n) is 5.14. The zero-order valence-electron chi connectivity index (χ0n) is 10.8. The van der Waals surface area contributed by atoms with Crippen molar-refractivity contribution in [1.29, 1.82) is 0 Å². The predicted octanol–water partition coefficient (Wildman–Crippen LogP) is 3.98. The second kappa shape index (κ2) is 5.17. The fourth-order valence-corrected chi connectivity index (χ4v) is 3.90. The molecule has 0 bridgehead atoms. The normalized spacial score (nSPS) is 22.8. The zero-order valence-corrected chi connectivity index (χ0v) is 12.4. The smallest absolute Gasteiger partial charge is 0.159 e. The van der Waals surface area contributed by atoms with Crippen LogP contribution in [-0.2, 0) is 0 Å². The molecule has 1 atom stereocenters. The first-order valence-electron chi connectivity index (χ1n) is 6.47. The molecule has 0 spiro atoms. The van der Waals surface area contributed by atoms with E-state index in [4.69, 9.17) is 11.6 Å². The van der Waals surface area contributed by atoms with Crippen LogP contribution in [0.25, 0.3) is 10.8 Å². The van der Waals surface area contributed by atoms with E-state index >= 15 is 0 Å². The van der Waals surface area contributed by atoms with Gasteiger partial charge in [0.25, 0.3) is 0 Å². The topological polar surface area (TPSA) is 37.8 Å². The van der Waals surface area contributed by atoms with Gasteiger partial charge in [0.2, 0.25) is 0 Å². The SMILES string of the molecule is CC1(CNc2nnc(Cl)c3ccccc23)CCCS1. The van der Waals surface area contributed by atoms with E-state index in [1.54, 1.807) is 0 Å². The van der Waals surface area contributed by atoms with Crippen LogP contribution in [0.3, 0.4) is 0 Å². The molecule has 1 aromatic carbocycles. The summed E-state index contributed by atoms with van der Waals surface area (Å²) >= 11 is 8.11. The molecular formula is C14H16ClN3S. The molecule has 1 N–H and O–H groups in total. The zero-order chi connectivity index (χ0) is 13.3. The number of rotatable bonds is 3. The van der Waals surface area contributed by atoms with Crippen molar-refractivity contribution in [3.05, 3.63) is 29.4 Å². The summed E-state index contributed by atoms with van der Waals surface area (Å²) in [6.07, 6.45) is 2.56. The molecule has 3 nitrogen and oxygen atoms in total. The molecule has 100 valence electrons. The Labute approximate surface area is 122 Å². The monoisotopic (exact) mass is 293 g/mol. The Bertz CT molecular complexity index is 596. The highest BCUT2D eigenvalue weighted by molar-refractivity contribution is 8.00. The number of benzene rings is 1. The molecule has 1 aliphatic rings. The van der Waals surface area contributed by atoms with Crippen LogP contribution in [0.5, 0.6) is 0 Å². The third kappa shape index (κ3) is 2.65. The minimum absolute atomic E-state index is 0.308. The summed E-state index contributed by atoms with van der Waals surface area (Å²) in [6, 6.07) is 7.97. The maximum atomic E-state index is 6.08. The fourth-order valence-electron chi connectivity index (χ4n) is 2.45. The second-order valence-corrected chi connectivity index (χ2v) is 7.18. The summed E-state index contributed by atoms with van der Waals surface area (Å²) in [7, 11) is 0. The van der Waals surface area contributed by atoms with Crippen molar-refractivity contribution in [3.63, 3.8) is 0 Å². The first-order valence-corrected chi connectivity index (χ1v) is 7.83. The lowest BCUT2D eigenvalue weighted by Crippen LogP contribution is -2.27. The lowest BCUT2D eigenvalue weighted by molar-refractivity contribution is 0.633. The van der Waals surface area contributed by atoms with E-state index in [2.05, 4.69) is 22.4 Å². The maximum Gasteiger partial charge on any atom is 0.159 e. The van der Waals surface area contributed by atoms with E-state index in [-0.39, 0.29) is 0 Å². The Hall–Kier alpha value is -1.00. The molecule has 2 heterocycles. The van der Waals surface area contributed by atoms with Crippen LogP contribution in [0.1, 0.15) is 19.8 Å². The van der Waals surface area contributed by atoms with Gasteiger partial charge < -0.3 is 5.32 Å². The summed E-state index contributed by atoms with van der Waals surface area (Å²) in [5, 5.41) is 14.1. The van der Waals surface area contributed by atoms with Gasteiger partial charge >= 0.3 is 0 Å². The van der Waals surface area contributed by atoms with Gasteiger partial charge in [-0.15, -0.1) is 10.2 Å². The Morgan fingerprint density at radius 1 is 1.32 bits per heavy atom. The number of fused-ring (bicyclic) bond motifs is 1. The number of nitrogens with one attached hydrogen (secondary N) is 1. The quantitative estimate of drug-likeness (QED) is 0.929. The van der Waals surface area contributed by atoms with Crippen LogP contribution in [0.15, 0.2) is 24.3 Å². The van der Waals surface area contributed by atoms with E-state index in [0.29, 0.717) is 9.90 Å². The van der Waals surface area contributed by atoms with Crippen LogP contribution in [-0.4, -0.2) is 27.2 Å². The summed E-state index contributed by atoms with van der Waals surface area (Å²) in [6.45, 7) is 3.22. The average molecular weight is 294 g/mol. The number of thioether (sulfide) groups is 1. The van der Waals surface area contributed by atoms with Gasteiger partial charge in [0.1, 0.15) is 0 Å². The minimum atomic E-state index is 0.308. The Morgan fingerprint density at radius 2 is 2.11 bits per heavy atom. The molecular weight excluding hydrogens is 278 g/mol. The van der Waals surface area contributed by atoms with Gasteiger partial charge in [0.15, 0.2) is 11.0 Å². The molecule has 1 saturated heterocycles. The Morgan fingerprint density at radius 3 is 2.84 bits per heavy atom. The standard InChI is InChI=1S/C14H16ClN3S/c1-14(7-4-8-19-14)9-16-13-11-6-3-2-5-10(11)12(15)17-18-13/h2-3,5-6H,4,7-9H2,1H3,(H,16,18). The average Bonchev–Trinajstić information content (AvgIpc) is 2.86. The first kappa shape index (κ1) is 13.0. The minimum Gasteiger partial charge on any atom is -0.367 e. The van der Waals surface area contributed by atoms with E-state index in [0.717, 1.165) is 23.1 Å². The molecule has 0 saturated carbocycles. The van der Waals surface area contributed by atoms with Crippen molar-refractivity contribution in [2.75, 3.05) is 17.6 Å². The van der Waals surface area contributed by atoms with Crippen molar-refractivity contribution < 1.29 is 0 Å². The van der Waals surface area contributed by atoms with Gasteiger partial charge in [-0.2, -0.15) is 11.8 Å². The third-order valence-corrected chi connectivity index (χ3v) is 5.39. The van der Waals surface area contributed by atoms with Crippen molar-refractivity contribution in [3.8, 4) is 0 Å². The molecule has 19 heavy (non-hydrogen) atoms. The first-order chi connectivity index (χ1) is 9.18. The van der Waals surface area contributed by atoms with E-state index in [9.17, 15) is 0 Å². The van der Waals surface area contributed by atoms with Gasteiger partial charge in [0, 0.05) is 22.1 Å². The number of aromatic nitrogens is 2. The van der Waals surface area contributed by atoms with Crippen LogP contribution in [0, 0.1) is 0 Å². The molecule has 1 aromatic heterocycles. The summed E-state index contributed by atoms with van der Waals surface area (Å²) in [5.74, 6) is 2.08. The lowest BCUT2D eigenvalue weighted by Gasteiger charge is -2.23. The highest BCUT2D eigenvalue weighted by atomic mass is 35.5. The van der Waals surface area contributed by atoms with Crippen molar-refractivity contribution in [1.82, 2.24) is 10.2 Å². The van der Waals surface area contributed by atoms with E-state index in [1.165, 1.54) is 18.6 Å². The van der Waals surface area contributed by atoms with Crippen LogP contribution < -0.4 is 5.32 Å². The lowest BCUT2D eigenvalue weighted by atomic mass is 10.1. The third-order valence-electron chi connectivity index (χ3n) is 3.57. The molecule has 1 fully saturated rings. The Balaban J connectivity index is 1.87. The van der Waals surface area contributed by atoms with Gasteiger partial charge in [-0.25, -0.2) is 0 Å². The molecule has 0 radical (unpaired) electrons. The van der Waals surface area contributed by atoms with Crippen LogP contribution >= 0.6 is 23.4 Å². The van der Waals surface area contributed by atoms with Gasteiger partial charge in [-0.05, 0) is 25.5 Å². The van der Waals surface area contributed by atoms with Gasteiger partial charge in [0.05, 0.1) is 0 Å². The largest absolute Gasteiger partial charge is 0.367 e. The van der Waals surface area contributed by atoms with Gasteiger partial charge in [-0.1, -0.05) is 35.9 Å². The van der Waals surface area contributed by atoms with Crippen molar-refractivity contribution in [2.24, 2.45) is 0 Å². The molecule has 2 aromatic rings. The predicted molar refractivity (Wildman–Crippen MR) is 83.1 cm³/mol. The highest BCUT2D eigenvalue weighted by Gasteiger charge is 2.29. The summed E-state index contributed by atoms with van der Waals surface area (Å²) < 4.78 is 0.308. The highest BCUT2D eigenvalue weighted by Crippen LogP contribution is 2.38. The summed E-state index contributed by atoms with van der Waals surface area (Å²) in [5.41, 5.74) is 0. The molecule has 0 amide bonds. The number of hydrogen-bond donors (Lipinski definition) is 1. The van der Waals surface area contributed by atoms with Crippen molar-refractivity contribution >= 4 is 40.0 Å². The van der Waals surface area contributed by atoms with Crippen LogP contribution in [0.4, 0.5) is 5.82 Å². The summed E-state index contributed by atoms with van der Waals surface area (Å²) in [4.78, 5) is 0. The number of hydrogen-bond acceptors (Lipinski definition) is 4. The van der Waals surface area contributed by atoms with Crippen LogP contribution in [0.2, 0.25) is 5.15 Å². The fraction of sp³-hybridized carbons (Fsp3) is 0.429. The van der Waals surface area contributed by atoms with Gasteiger partial charge in [-0.3, -0.25) is 0 Å². The Kier molecular flexibility index (Phi) is 3.54. The van der Waals surface area contributed by atoms with Crippen molar-refractivity contribution in [2.45, 2.75) is 24.5 Å².